The lowest BCUT2D eigenvalue weighted by molar-refractivity contribution is -0.142. The topological polar surface area (TPSA) is 85.4 Å². The lowest BCUT2D eigenvalue weighted by Crippen LogP contribution is -2.49. The molecule has 6 heteroatoms. The molecule has 0 radical (unpaired) electrons. The second-order valence-electron chi connectivity index (χ2n) is 7.85. The number of hydrogen-bond donors (Lipinski definition) is 3. The second kappa shape index (κ2) is 7.62. The number of amides is 2. The van der Waals surface area contributed by atoms with Gasteiger partial charge in [0, 0.05) is 23.8 Å². The molecule has 1 aromatic carbocycles. The largest absolute Gasteiger partial charge is 0.481 e. The van der Waals surface area contributed by atoms with Gasteiger partial charge in [-0.2, -0.15) is 0 Å². The molecule has 2 fully saturated rings. The van der Waals surface area contributed by atoms with E-state index in [1.807, 2.05) is 17.0 Å². The summed E-state index contributed by atoms with van der Waals surface area (Å²) in [5.41, 5.74) is 2.20. The summed E-state index contributed by atoms with van der Waals surface area (Å²) in [6.45, 7) is 0.760. The lowest BCUT2D eigenvalue weighted by Gasteiger charge is -2.37. The lowest BCUT2D eigenvalue weighted by atomic mass is 9.86. The number of carboxylic acid groups (broad SMARTS) is 1. The fourth-order valence-corrected chi connectivity index (χ4v) is 4.52. The van der Waals surface area contributed by atoms with Crippen molar-refractivity contribution in [1.29, 1.82) is 0 Å². The SMILES string of the molecule is O=C(O)C1CCC(NC(=O)N2CCCCC2c2cc3ccccc3[nH]2)CC1. The number of piperidine rings is 1. The Morgan fingerprint density at radius 2 is 1.85 bits per heavy atom. The van der Waals surface area contributed by atoms with Gasteiger partial charge in [-0.3, -0.25) is 4.79 Å². The molecule has 2 aromatic rings. The van der Waals surface area contributed by atoms with E-state index >= 15 is 0 Å². The van der Waals surface area contributed by atoms with Crippen LogP contribution >= 0.6 is 0 Å². The van der Waals surface area contributed by atoms with E-state index in [1.54, 1.807) is 0 Å². The van der Waals surface area contributed by atoms with Crippen molar-refractivity contribution >= 4 is 22.9 Å². The molecule has 3 N–H and O–H groups in total. The number of rotatable bonds is 3. The quantitative estimate of drug-likeness (QED) is 0.763. The molecule has 1 unspecified atom stereocenters. The van der Waals surface area contributed by atoms with Crippen molar-refractivity contribution in [2.24, 2.45) is 5.92 Å². The minimum absolute atomic E-state index is 0.0165. The number of carbonyl (C=O) groups is 2. The number of nitrogens with zero attached hydrogens (tertiary/aromatic N) is 1. The number of aromatic amines is 1. The molecule has 2 amide bonds. The van der Waals surface area contributed by atoms with E-state index in [1.165, 1.54) is 5.39 Å². The van der Waals surface area contributed by atoms with Gasteiger partial charge >= 0.3 is 12.0 Å². The molecule has 1 atom stereocenters. The number of H-pyrrole nitrogens is 1. The van der Waals surface area contributed by atoms with Gasteiger partial charge in [-0.1, -0.05) is 18.2 Å². The summed E-state index contributed by atoms with van der Waals surface area (Å²) in [4.78, 5) is 29.5. The van der Waals surface area contributed by atoms with Gasteiger partial charge in [0.05, 0.1) is 12.0 Å². The van der Waals surface area contributed by atoms with Crippen LogP contribution in [-0.2, 0) is 4.79 Å². The molecule has 0 bridgehead atoms. The number of fused-ring (bicyclic) bond motifs is 1. The predicted molar refractivity (Wildman–Crippen MR) is 104 cm³/mol. The normalized spacial score (nSPS) is 26.1. The zero-order chi connectivity index (χ0) is 18.8. The van der Waals surface area contributed by atoms with Gasteiger partial charge in [0.2, 0.25) is 0 Å². The van der Waals surface area contributed by atoms with Gasteiger partial charge < -0.3 is 20.3 Å². The first kappa shape index (κ1) is 17.9. The summed E-state index contributed by atoms with van der Waals surface area (Å²) in [6, 6.07) is 10.5. The highest BCUT2D eigenvalue weighted by molar-refractivity contribution is 5.81. The number of urea groups is 1. The number of benzene rings is 1. The minimum atomic E-state index is -0.713. The number of nitrogens with one attached hydrogen (secondary N) is 2. The Kier molecular flexibility index (Phi) is 5.05. The van der Waals surface area contributed by atoms with Gasteiger partial charge in [-0.15, -0.1) is 0 Å². The van der Waals surface area contributed by atoms with Crippen LogP contribution in [0.15, 0.2) is 30.3 Å². The molecule has 1 aliphatic heterocycles. The van der Waals surface area contributed by atoms with Crippen molar-refractivity contribution < 1.29 is 14.7 Å². The van der Waals surface area contributed by atoms with Crippen molar-refractivity contribution in [3.8, 4) is 0 Å². The summed E-state index contributed by atoms with van der Waals surface area (Å²) in [6.07, 6.45) is 5.88. The average molecular weight is 369 g/mol. The van der Waals surface area contributed by atoms with Crippen LogP contribution in [0.1, 0.15) is 56.7 Å². The van der Waals surface area contributed by atoms with Crippen LogP contribution < -0.4 is 5.32 Å². The zero-order valence-corrected chi connectivity index (χ0v) is 15.5. The molecule has 4 rings (SSSR count). The van der Waals surface area contributed by atoms with Crippen LogP contribution in [0.4, 0.5) is 4.79 Å². The molecule has 2 heterocycles. The van der Waals surface area contributed by atoms with E-state index in [0.29, 0.717) is 12.8 Å². The van der Waals surface area contributed by atoms with Crippen molar-refractivity contribution in [3.63, 3.8) is 0 Å². The highest BCUT2D eigenvalue weighted by Gasteiger charge is 2.32. The molecule has 27 heavy (non-hydrogen) atoms. The van der Waals surface area contributed by atoms with Crippen LogP contribution in [-0.4, -0.2) is 39.6 Å². The van der Waals surface area contributed by atoms with E-state index < -0.39 is 5.97 Å². The molecule has 6 nitrogen and oxygen atoms in total. The summed E-state index contributed by atoms with van der Waals surface area (Å²) < 4.78 is 0. The van der Waals surface area contributed by atoms with Gasteiger partial charge in [0.1, 0.15) is 0 Å². The predicted octanol–water partition coefficient (Wildman–Crippen LogP) is 4.05. The summed E-state index contributed by atoms with van der Waals surface area (Å²) in [7, 11) is 0. The van der Waals surface area contributed by atoms with E-state index in [0.717, 1.165) is 49.9 Å². The fraction of sp³-hybridized carbons (Fsp3) is 0.524. The number of aromatic nitrogens is 1. The summed E-state index contributed by atoms with van der Waals surface area (Å²) >= 11 is 0. The van der Waals surface area contributed by atoms with Crippen LogP contribution in [0.25, 0.3) is 10.9 Å². The zero-order valence-electron chi connectivity index (χ0n) is 15.5. The van der Waals surface area contributed by atoms with Crippen molar-refractivity contribution in [2.75, 3.05) is 6.54 Å². The number of carboxylic acids is 1. The van der Waals surface area contributed by atoms with Crippen LogP contribution in [0.3, 0.4) is 0 Å². The van der Waals surface area contributed by atoms with Crippen molar-refractivity contribution in [3.05, 3.63) is 36.0 Å². The third-order valence-electron chi connectivity index (χ3n) is 6.08. The van der Waals surface area contributed by atoms with Crippen molar-refractivity contribution in [1.82, 2.24) is 15.2 Å². The third kappa shape index (κ3) is 3.80. The first-order valence-corrected chi connectivity index (χ1v) is 9.99. The maximum Gasteiger partial charge on any atom is 0.318 e. The Morgan fingerprint density at radius 3 is 2.59 bits per heavy atom. The van der Waals surface area contributed by atoms with Crippen molar-refractivity contribution in [2.45, 2.75) is 57.0 Å². The summed E-state index contributed by atoms with van der Waals surface area (Å²) in [5.74, 6) is -0.970. The molecule has 1 saturated heterocycles. The Bertz CT molecular complexity index is 790. The van der Waals surface area contributed by atoms with Crippen LogP contribution in [0, 0.1) is 5.92 Å². The van der Waals surface area contributed by atoms with E-state index in [9.17, 15) is 9.59 Å². The summed E-state index contributed by atoms with van der Waals surface area (Å²) in [5, 5.41) is 13.5. The van der Waals surface area contributed by atoms with Gasteiger partial charge in [-0.05, 0) is 62.5 Å². The minimum Gasteiger partial charge on any atom is -0.481 e. The Hall–Kier alpha value is -2.50. The molecule has 0 spiro atoms. The fourth-order valence-electron chi connectivity index (χ4n) is 4.52. The molecule has 144 valence electrons. The molecule has 1 saturated carbocycles. The van der Waals surface area contributed by atoms with E-state index in [2.05, 4.69) is 28.5 Å². The van der Waals surface area contributed by atoms with Gasteiger partial charge in [0.25, 0.3) is 0 Å². The Labute approximate surface area is 158 Å². The smallest absolute Gasteiger partial charge is 0.318 e. The monoisotopic (exact) mass is 369 g/mol. The second-order valence-corrected chi connectivity index (χ2v) is 7.85. The molecule has 1 aromatic heterocycles. The standard InChI is InChI=1S/C21H27N3O3/c25-20(26)14-8-10-16(11-9-14)22-21(27)24-12-4-3-7-19(24)18-13-15-5-1-2-6-17(15)23-18/h1-2,5-6,13-14,16,19,23H,3-4,7-12H2,(H,22,27)(H,25,26). The average Bonchev–Trinajstić information content (AvgIpc) is 3.12. The number of hydrogen-bond acceptors (Lipinski definition) is 2. The van der Waals surface area contributed by atoms with Gasteiger partial charge in [0.15, 0.2) is 0 Å². The van der Waals surface area contributed by atoms with E-state index in [-0.39, 0.29) is 24.0 Å². The number of aliphatic carboxylic acids is 1. The Balaban J connectivity index is 1.44. The van der Waals surface area contributed by atoms with Gasteiger partial charge in [-0.25, -0.2) is 4.79 Å². The third-order valence-corrected chi connectivity index (χ3v) is 6.08. The number of carbonyl (C=O) groups excluding carboxylic acids is 1. The van der Waals surface area contributed by atoms with E-state index in [4.69, 9.17) is 5.11 Å². The number of para-hydroxylation sites is 1. The maximum atomic E-state index is 13.0. The van der Waals surface area contributed by atoms with Crippen LogP contribution in [0.2, 0.25) is 0 Å². The molecular formula is C21H27N3O3. The molecule has 1 aliphatic carbocycles. The Morgan fingerprint density at radius 1 is 1.07 bits per heavy atom. The highest BCUT2D eigenvalue weighted by Crippen LogP contribution is 2.33. The molecule has 2 aliphatic rings. The molecular weight excluding hydrogens is 342 g/mol. The first-order chi connectivity index (χ1) is 13.1. The maximum absolute atomic E-state index is 13.0. The highest BCUT2D eigenvalue weighted by atomic mass is 16.4. The number of likely N-dealkylation sites (tertiary alicyclic amines) is 1. The van der Waals surface area contributed by atoms with Crippen LogP contribution in [0.5, 0.6) is 0 Å². The first-order valence-electron chi connectivity index (χ1n) is 9.99.